The lowest BCUT2D eigenvalue weighted by Gasteiger charge is -2.31. The van der Waals surface area contributed by atoms with Crippen LogP contribution in [-0.2, 0) is 80.0 Å². The zero-order valence-corrected chi connectivity index (χ0v) is 59.4. The van der Waals surface area contributed by atoms with Gasteiger partial charge in [0.15, 0.2) is 0 Å². The van der Waals surface area contributed by atoms with E-state index in [9.17, 15) is 43.5 Å². The lowest BCUT2D eigenvalue weighted by Crippen LogP contribution is -2.62. The number of fused-ring (bicyclic) bond motifs is 1. The van der Waals surface area contributed by atoms with Gasteiger partial charge < -0.3 is 80.4 Å². The summed E-state index contributed by atoms with van der Waals surface area (Å²) in [6.07, 6.45) is 4.08. The number of likely N-dealkylation sites (tertiary alicyclic amines) is 1. The lowest BCUT2D eigenvalue weighted by molar-refractivity contribution is -0.142. The highest BCUT2D eigenvalue weighted by Crippen LogP contribution is 2.23. The lowest BCUT2D eigenvalue weighted by atomic mass is 9.99. The number of aliphatic hydroxyl groups excluding tert-OH is 1. The molecule has 0 unspecified atom stereocenters. The highest BCUT2D eigenvalue weighted by atomic mass is 35.5. The minimum atomic E-state index is -1.79. The predicted octanol–water partition coefficient (Wildman–Crippen LogP) is 3.08. The van der Waals surface area contributed by atoms with Crippen molar-refractivity contribution >= 4 is 92.8 Å². The van der Waals surface area contributed by atoms with Crippen LogP contribution in [-0.4, -0.2) is 160 Å². The number of pyridine rings is 1. The van der Waals surface area contributed by atoms with Gasteiger partial charge in [0.25, 0.3) is 0 Å². The summed E-state index contributed by atoms with van der Waals surface area (Å²) < 4.78 is 0. The first-order chi connectivity index (χ1) is 48.7. The summed E-state index contributed by atoms with van der Waals surface area (Å²) in [6.45, 7) is 10.5. The average molecular weight is 1420 g/mol. The van der Waals surface area contributed by atoms with Crippen LogP contribution in [0.5, 0.6) is 0 Å². The monoisotopic (exact) mass is 1420 g/mol. The largest absolute Gasteiger partial charge is 0.399 e. The van der Waals surface area contributed by atoms with E-state index >= 15 is 9.59 Å². The maximum atomic E-state index is 15.1. The molecule has 1 aromatic heterocycles. The second-order valence-electron chi connectivity index (χ2n) is 26.8. The Morgan fingerprint density at radius 2 is 0.971 bits per heavy atom. The fourth-order valence-electron chi connectivity index (χ4n) is 12.0. The second-order valence-corrected chi connectivity index (χ2v) is 27.2. The van der Waals surface area contributed by atoms with Gasteiger partial charge in [0.05, 0.1) is 12.8 Å². The summed E-state index contributed by atoms with van der Waals surface area (Å²) in [4.78, 5) is 150. The van der Waals surface area contributed by atoms with Crippen molar-refractivity contribution in [2.24, 2.45) is 11.7 Å². The minimum Gasteiger partial charge on any atom is -0.399 e. The van der Waals surface area contributed by atoms with Gasteiger partial charge in [0.1, 0.15) is 54.4 Å². The molecule has 0 saturated carbocycles. The normalized spacial score (nSPS) is 15.4. The number of carbonyl (C=O) groups is 10. The number of benzene rings is 5. The van der Waals surface area contributed by atoms with E-state index in [-0.39, 0.29) is 63.5 Å². The number of amides is 10. The van der Waals surface area contributed by atoms with E-state index in [0.717, 1.165) is 16.3 Å². The number of unbranched alkanes of at least 4 members (excludes halogenated alkanes) is 1. The fraction of sp³-hybridized carbons (Fsp3) is 0.427. The molecule has 27 heteroatoms. The molecule has 10 amide bonds. The van der Waals surface area contributed by atoms with Crippen LogP contribution < -0.4 is 70.4 Å². The third-order valence-electron chi connectivity index (χ3n) is 17.3. The molecule has 0 bridgehead atoms. The van der Waals surface area contributed by atoms with Crippen molar-refractivity contribution in [2.75, 3.05) is 31.2 Å². The zero-order chi connectivity index (χ0) is 74.0. The van der Waals surface area contributed by atoms with Crippen molar-refractivity contribution in [3.8, 4) is 0 Å². The van der Waals surface area contributed by atoms with Crippen molar-refractivity contribution < 1.29 is 53.1 Å². The Kier molecular flexibility index (Phi) is 30.5. The van der Waals surface area contributed by atoms with E-state index in [1.807, 2.05) is 70.2 Å². The van der Waals surface area contributed by atoms with Crippen molar-refractivity contribution in [1.82, 2.24) is 63.1 Å². The molecular weight excluding hydrogens is 1320 g/mol. The van der Waals surface area contributed by atoms with E-state index < -0.39 is 126 Å². The van der Waals surface area contributed by atoms with Gasteiger partial charge in [-0.1, -0.05) is 124 Å². The van der Waals surface area contributed by atoms with Gasteiger partial charge in [-0.15, -0.1) is 0 Å². The number of nitrogen functional groups attached to an aromatic ring is 2. The Hall–Kier alpha value is -10.0. The summed E-state index contributed by atoms with van der Waals surface area (Å²) in [6, 6.07) is 24.3. The number of nitrogens with one attached hydrogen (secondary N) is 10. The molecule has 2 heterocycles. The van der Waals surface area contributed by atoms with Crippen molar-refractivity contribution in [1.29, 1.82) is 0 Å². The molecule has 0 radical (unpaired) electrons. The number of halogens is 1. The van der Waals surface area contributed by atoms with E-state index in [2.05, 4.69) is 58.2 Å². The van der Waals surface area contributed by atoms with Gasteiger partial charge in [-0.2, -0.15) is 0 Å². The first kappa shape index (κ1) is 79.3. The van der Waals surface area contributed by atoms with Crippen LogP contribution in [0, 0.1) is 5.92 Å². The molecule has 1 saturated heterocycles. The third kappa shape index (κ3) is 25.2. The van der Waals surface area contributed by atoms with E-state index in [1.165, 1.54) is 24.2 Å². The van der Waals surface area contributed by atoms with Crippen LogP contribution in [0.15, 0.2) is 140 Å². The maximum absolute atomic E-state index is 15.1. The smallest absolute Gasteiger partial charge is 0.245 e. The van der Waals surface area contributed by atoms with E-state index in [4.69, 9.17) is 28.8 Å². The summed E-state index contributed by atoms with van der Waals surface area (Å²) in [5, 5.41) is 41.4. The van der Waals surface area contributed by atoms with Crippen molar-refractivity contribution in [3.63, 3.8) is 0 Å². The molecular formula is C75H98ClN15O11. The average Bonchev–Trinajstić information content (AvgIpc) is 1.85. The SMILES string of the molecule is CC(=O)N[C@H](Cc1ccc2ccccc2c1)C(=O)N[C@H](Cc1ccc(Cl)cc1)C(=O)N[C@H](Cc1cccnc1)C(=O)N[C@@H](CO)C(=O)N[C@@H](Cc1ccc(N)cc1)C(=O)N[C@H](Cc1ccc(N)cc1)C(=O)N[C@@H](CC(C)C)C(=O)N[C@@H](CCCCNC(C)C)C(=O)N1CCC[C@H]1C(=O)N[C@H](C)N. The van der Waals surface area contributed by atoms with Crippen molar-refractivity contribution in [2.45, 2.75) is 179 Å². The number of hydrogen-bond donors (Lipinski definition) is 14. The molecule has 0 aliphatic carbocycles. The first-order valence-corrected chi connectivity index (χ1v) is 35.0. The van der Waals surface area contributed by atoms with Gasteiger partial charge in [-0.3, -0.25) is 52.9 Å². The zero-order valence-electron chi connectivity index (χ0n) is 58.6. The van der Waals surface area contributed by atoms with Crippen LogP contribution in [0.1, 0.15) is 108 Å². The summed E-state index contributed by atoms with van der Waals surface area (Å²) in [7, 11) is 0. The fourth-order valence-corrected chi connectivity index (χ4v) is 12.2. The number of aliphatic hydroxyl groups is 1. The van der Waals surface area contributed by atoms with Crippen LogP contribution in [0.2, 0.25) is 5.02 Å². The number of anilines is 2. The Bertz CT molecular complexity index is 3810. The van der Waals surface area contributed by atoms with Crippen LogP contribution in [0.4, 0.5) is 11.4 Å². The molecule has 10 atom stereocenters. The summed E-state index contributed by atoms with van der Waals surface area (Å²) in [5.74, 6) is -7.53. The molecule has 1 aliphatic heterocycles. The number of nitrogens with two attached hydrogens (primary N) is 3. The minimum absolute atomic E-state index is 0.0494. The van der Waals surface area contributed by atoms with Gasteiger partial charge in [-0.05, 0) is 139 Å². The summed E-state index contributed by atoms with van der Waals surface area (Å²) >= 11 is 6.25. The van der Waals surface area contributed by atoms with Crippen LogP contribution in [0.25, 0.3) is 10.8 Å². The Morgan fingerprint density at radius 3 is 1.46 bits per heavy atom. The number of aromatic nitrogens is 1. The number of hydrogen-bond acceptors (Lipinski definition) is 16. The van der Waals surface area contributed by atoms with Gasteiger partial charge in [0.2, 0.25) is 59.1 Å². The Morgan fingerprint density at radius 1 is 0.520 bits per heavy atom. The van der Waals surface area contributed by atoms with Crippen molar-refractivity contribution in [3.05, 3.63) is 173 Å². The number of rotatable bonds is 37. The van der Waals surface area contributed by atoms with Gasteiger partial charge >= 0.3 is 0 Å². The summed E-state index contributed by atoms with van der Waals surface area (Å²) in [5.41, 5.74) is 21.6. The molecule has 5 aromatic carbocycles. The molecule has 26 nitrogen and oxygen atoms in total. The molecule has 1 aliphatic rings. The van der Waals surface area contributed by atoms with Gasteiger partial charge in [-0.25, -0.2) is 0 Å². The third-order valence-corrected chi connectivity index (χ3v) is 17.5. The molecule has 6 aromatic rings. The van der Waals surface area contributed by atoms with E-state index in [0.29, 0.717) is 70.9 Å². The highest BCUT2D eigenvalue weighted by molar-refractivity contribution is 6.30. The molecule has 1 fully saturated rings. The second kappa shape index (κ2) is 39.3. The maximum Gasteiger partial charge on any atom is 0.245 e. The topological polar surface area (TPSA) is 405 Å². The Balaban J connectivity index is 1.14. The van der Waals surface area contributed by atoms with Crippen LogP contribution >= 0.6 is 11.6 Å². The van der Waals surface area contributed by atoms with Gasteiger partial charge in [0, 0.05) is 80.4 Å². The number of nitrogens with zero attached hydrogens (tertiary/aromatic N) is 2. The molecule has 17 N–H and O–H groups in total. The van der Waals surface area contributed by atoms with E-state index in [1.54, 1.807) is 91.9 Å². The number of carbonyl (C=O) groups excluding carboxylic acids is 10. The molecule has 102 heavy (non-hydrogen) atoms. The van der Waals surface area contributed by atoms with Crippen LogP contribution in [0.3, 0.4) is 0 Å². The highest BCUT2D eigenvalue weighted by Gasteiger charge is 2.40. The quantitative estimate of drug-likeness (QED) is 0.0151. The molecule has 7 rings (SSSR count). The first-order valence-electron chi connectivity index (χ1n) is 34.6. The Labute approximate surface area is 600 Å². The standard InChI is InChI=1S/C75H98ClN15O11/c1-44(2)35-59(67(94)84-58(16-9-10-33-81-45(3)4)75(102)91-34-12-17-66(91)74(101)82-46(5)77)85-69(96)62(38-49-21-28-56(78)29-22-49)87-71(98)63(39-50-23-30-57(79)31-24-50)89-73(100)65(43-92)90-72(99)64(41-52-13-11-32-80-42-52)88-70(97)61(37-48-19-26-55(76)27-20-48)86-68(95)60(83-47(6)93)40-51-18-25-53-14-7-8-15-54(53)36-51/h7-8,11,13-15,18-32,36,42,44-46,58-66,81,92H,9-10,12,16-17,33-35,37-41,43,77-79H2,1-6H3,(H,82,101)(H,83,93)(H,84,94)(H,85,96)(H,86,95)(H,87,98)(H,88,97)(H,89,100)(H,90,99)/t46-,58+,59+,60-,61-,62-,63+,64-,65+,66+/m1/s1. The molecule has 0 spiro atoms. The molecule has 546 valence electrons. The predicted molar refractivity (Wildman–Crippen MR) is 391 cm³/mol.